The predicted molar refractivity (Wildman–Crippen MR) is 83.3 cm³/mol. The summed E-state index contributed by atoms with van der Waals surface area (Å²) in [4.78, 5) is 12.2. The number of benzene rings is 1. The number of hydrogen-bond acceptors (Lipinski definition) is 2. The number of nitrogens with zero attached hydrogens (tertiary/aromatic N) is 2. The van der Waals surface area contributed by atoms with Gasteiger partial charge in [-0.05, 0) is 50.3 Å². The Kier molecular flexibility index (Phi) is 4.15. The van der Waals surface area contributed by atoms with Crippen LogP contribution in [0.2, 0.25) is 0 Å². The van der Waals surface area contributed by atoms with E-state index in [1.165, 1.54) is 12.1 Å². The summed E-state index contributed by atoms with van der Waals surface area (Å²) in [6, 6.07) is 3.12. The highest BCUT2D eigenvalue weighted by molar-refractivity contribution is 5.92. The topological polar surface area (TPSA) is 46.9 Å². The van der Waals surface area contributed by atoms with E-state index in [4.69, 9.17) is 0 Å². The fourth-order valence-electron chi connectivity index (χ4n) is 2.90. The zero-order valence-electron chi connectivity index (χ0n) is 13.2. The minimum atomic E-state index is -0.683. The lowest BCUT2D eigenvalue weighted by atomic mass is 10.1. The van der Waals surface area contributed by atoms with Gasteiger partial charge in [0.15, 0.2) is 5.82 Å². The molecule has 2 aromatic rings. The van der Waals surface area contributed by atoms with E-state index in [9.17, 15) is 13.6 Å². The Labute approximate surface area is 133 Å². The molecule has 1 amide bonds. The second-order valence-corrected chi connectivity index (χ2v) is 5.94. The highest BCUT2D eigenvalue weighted by Gasteiger charge is 2.31. The van der Waals surface area contributed by atoms with E-state index in [1.807, 2.05) is 18.5 Å². The van der Waals surface area contributed by atoms with Crippen molar-refractivity contribution in [2.45, 2.75) is 45.6 Å². The number of amides is 1. The van der Waals surface area contributed by atoms with Gasteiger partial charge in [-0.25, -0.2) is 8.78 Å². The van der Waals surface area contributed by atoms with Gasteiger partial charge in [0.05, 0.1) is 6.42 Å². The van der Waals surface area contributed by atoms with Gasteiger partial charge in [-0.1, -0.05) is 0 Å². The van der Waals surface area contributed by atoms with Crippen molar-refractivity contribution in [2.75, 3.05) is 5.32 Å². The van der Waals surface area contributed by atoms with Gasteiger partial charge in [-0.15, -0.1) is 0 Å². The summed E-state index contributed by atoms with van der Waals surface area (Å²) in [7, 11) is 0. The van der Waals surface area contributed by atoms with Crippen molar-refractivity contribution in [1.29, 1.82) is 0 Å². The van der Waals surface area contributed by atoms with Crippen LogP contribution < -0.4 is 5.32 Å². The highest BCUT2D eigenvalue weighted by atomic mass is 19.1. The molecule has 1 aliphatic rings. The number of halogens is 2. The SMILES string of the molecule is CCn1nc(NC(=O)Cc2cc(F)cc(F)c2)c(C2CC2)c1C. The van der Waals surface area contributed by atoms with Crippen LogP contribution in [0, 0.1) is 18.6 Å². The average Bonchev–Trinajstić information content (AvgIpc) is 3.23. The lowest BCUT2D eigenvalue weighted by Gasteiger charge is -2.05. The first-order chi connectivity index (χ1) is 11.0. The smallest absolute Gasteiger partial charge is 0.230 e. The van der Waals surface area contributed by atoms with E-state index in [-0.39, 0.29) is 12.3 Å². The molecule has 1 aromatic carbocycles. The summed E-state index contributed by atoms with van der Waals surface area (Å²) < 4.78 is 28.3. The maximum atomic E-state index is 13.2. The molecule has 1 fully saturated rings. The number of anilines is 1. The van der Waals surface area contributed by atoms with E-state index < -0.39 is 11.6 Å². The largest absolute Gasteiger partial charge is 0.309 e. The van der Waals surface area contributed by atoms with Gasteiger partial charge in [0, 0.05) is 23.9 Å². The van der Waals surface area contributed by atoms with Crippen LogP contribution in [0.5, 0.6) is 0 Å². The third kappa shape index (κ3) is 3.41. The van der Waals surface area contributed by atoms with Gasteiger partial charge < -0.3 is 5.32 Å². The third-order valence-electron chi connectivity index (χ3n) is 4.08. The molecule has 23 heavy (non-hydrogen) atoms. The van der Waals surface area contributed by atoms with Crippen LogP contribution >= 0.6 is 0 Å². The van der Waals surface area contributed by atoms with Crippen LogP contribution in [-0.2, 0) is 17.8 Å². The molecule has 0 spiro atoms. The summed E-state index contributed by atoms with van der Waals surface area (Å²) in [5, 5.41) is 7.24. The van der Waals surface area contributed by atoms with Crippen LogP contribution in [-0.4, -0.2) is 15.7 Å². The zero-order valence-corrected chi connectivity index (χ0v) is 13.2. The number of aryl methyl sites for hydroxylation is 1. The van der Waals surface area contributed by atoms with Crippen molar-refractivity contribution in [1.82, 2.24) is 9.78 Å². The average molecular weight is 319 g/mol. The molecule has 1 aliphatic carbocycles. The number of hydrogen-bond donors (Lipinski definition) is 1. The maximum absolute atomic E-state index is 13.2. The Bertz CT molecular complexity index is 730. The number of carbonyl (C=O) groups is 1. The maximum Gasteiger partial charge on any atom is 0.230 e. The Hall–Kier alpha value is -2.24. The molecule has 6 heteroatoms. The third-order valence-corrected chi connectivity index (χ3v) is 4.08. The molecule has 1 N–H and O–H groups in total. The fraction of sp³-hybridized carbons (Fsp3) is 0.412. The van der Waals surface area contributed by atoms with Gasteiger partial charge in [-0.3, -0.25) is 9.48 Å². The molecule has 1 heterocycles. The molecule has 4 nitrogen and oxygen atoms in total. The fourth-order valence-corrected chi connectivity index (χ4v) is 2.90. The molecule has 1 aromatic heterocycles. The zero-order chi connectivity index (χ0) is 16.6. The van der Waals surface area contributed by atoms with Crippen LogP contribution in [0.1, 0.15) is 42.5 Å². The summed E-state index contributed by atoms with van der Waals surface area (Å²) >= 11 is 0. The van der Waals surface area contributed by atoms with Crippen molar-refractivity contribution in [3.05, 3.63) is 46.7 Å². The Morgan fingerprint density at radius 3 is 2.52 bits per heavy atom. The molecule has 0 aliphatic heterocycles. The monoisotopic (exact) mass is 319 g/mol. The first-order valence-electron chi connectivity index (χ1n) is 7.80. The Morgan fingerprint density at radius 1 is 1.30 bits per heavy atom. The van der Waals surface area contributed by atoms with Crippen molar-refractivity contribution >= 4 is 11.7 Å². The van der Waals surface area contributed by atoms with Gasteiger partial charge in [-0.2, -0.15) is 5.10 Å². The summed E-state index contributed by atoms with van der Waals surface area (Å²) in [5.41, 5.74) is 2.47. The second kappa shape index (κ2) is 6.10. The molecule has 1 saturated carbocycles. The van der Waals surface area contributed by atoms with Crippen LogP contribution in [0.3, 0.4) is 0 Å². The van der Waals surface area contributed by atoms with E-state index in [2.05, 4.69) is 10.4 Å². The molecular weight excluding hydrogens is 300 g/mol. The quantitative estimate of drug-likeness (QED) is 0.916. The molecule has 3 rings (SSSR count). The molecular formula is C17H19F2N3O. The molecule has 0 radical (unpaired) electrons. The normalized spacial score (nSPS) is 14.1. The minimum Gasteiger partial charge on any atom is -0.309 e. The molecule has 0 saturated heterocycles. The Morgan fingerprint density at radius 2 is 1.96 bits per heavy atom. The first-order valence-corrected chi connectivity index (χ1v) is 7.80. The number of nitrogens with one attached hydrogen (secondary N) is 1. The van der Waals surface area contributed by atoms with E-state index >= 15 is 0 Å². The van der Waals surface area contributed by atoms with Gasteiger partial charge in [0.1, 0.15) is 11.6 Å². The number of carbonyl (C=O) groups excluding carboxylic acids is 1. The van der Waals surface area contributed by atoms with Gasteiger partial charge >= 0.3 is 0 Å². The van der Waals surface area contributed by atoms with Crippen LogP contribution in [0.15, 0.2) is 18.2 Å². The van der Waals surface area contributed by atoms with Gasteiger partial charge in [0.25, 0.3) is 0 Å². The predicted octanol–water partition coefficient (Wildman–Crippen LogP) is 3.55. The summed E-state index contributed by atoms with van der Waals surface area (Å²) in [5.74, 6) is -0.654. The van der Waals surface area contributed by atoms with Crippen LogP contribution in [0.25, 0.3) is 0 Å². The lowest BCUT2D eigenvalue weighted by molar-refractivity contribution is -0.115. The van der Waals surface area contributed by atoms with Crippen molar-refractivity contribution in [2.24, 2.45) is 0 Å². The van der Waals surface area contributed by atoms with Gasteiger partial charge in [0.2, 0.25) is 5.91 Å². The second-order valence-electron chi connectivity index (χ2n) is 5.94. The molecule has 122 valence electrons. The van der Waals surface area contributed by atoms with E-state index in [1.54, 1.807) is 0 Å². The minimum absolute atomic E-state index is 0.0865. The van der Waals surface area contributed by atoms with E-state index in [0.717, 1.165) is 36.7 Å². The highest BCUT2D eigenvalue weighted by Crippen LogP contribution is 2.44. The number of rotatable bonds is 5. The van der Waals surface area contributed by atoms with E-state index in [0.29, 0.717) is 17.3 Å². The van der Waals surface area contributed by atoms with Crippen molar-refractivity contribution in [3.63, 3.8) is 0 Å². The number of aromatic nitrogens is 2. The first kappa shape index (κ1) is 15.6. The molecule has 0 unspecified atom stereocenters. The molecule has 0 atom stereocenters. The van der Waals surface area contributed by atoms with Crippen molar-refractivity contribution in [3.8, 4) is 0 Å². The Balaban J connectivity index is 1.77. The van der Waals surface area contributed by atoms with Crippen LogP contribution in [0.4, 0.5) is 14.6 Å². The summed E-state index contributed by atoms with van der Waals surface area (Å²) in [6.07, 6.45) is 2.12. The summed E-state index contributed by atoms with van der Waals surface area (Å²) in [6.45, 7) is 4.73. The van der Waals surface area contributed by atoms with Crippen molar-refractivity contribution < 1.29 is 13.6 Å². The standard InChI is InChI=1S/C17H19F2N3O/c1-3-22-10(2)16(12-4-5-12)17(21-22)20-15(23)8-11-6-13(18)9-14(19)7-11/h6-7,9,12H,3-5,8H2,1-2H3,(H,20,21,23). The lowest BCUT2D eigenvalue weighted by Crippen LogP contribution is -2.16. The molecule has 0 bridgehead atoms.